The first-order valence-corrected chi connectivity index (χ1v) is 13.8. The van der Waals surface area contributed by atoms with Gasteiger partial charge in [0.1, 0.15) is 18.1 Å². The number of nitrogens with zero attached hydrogens (tertiary/aromatic N) is 2. The zero-order chi connectivity index (χ0) is 27.2. The molecule has 1 aliphatic carbocycles. The predicted molar refractivity (Wildman–Crippen MR) is 153 cm³/mol. The maximum absolute atomic E-state index is 11.1. The molecule has 39 heavy (non-hydrogen) atoms. The van der Waals surface area contributed by atoms with Crippen LogP contribution < -0.4 is 9.47 Å². The fourth-order valence-corrected chi connectivity index (χ4v) is 5.40. The van der Waals surface area contributed by atoms with Gasteiger partial charge in [0.2, 0.25) is 0 Å². The summed E-state index contributed by atoms with van der Waals surface area (Å²) in [5, 5.41) is 14.6. The van der Waals surface area contributed by atoms with Crippen molar-refractivity contribution in [3.05, 3.63) is 94.8 Å². The summed E-state index contributed by atoms with van der Waals surface area (Å²) in [4.78, 5) is 11.1. The number of carbonyl (C=O) groups is 1. The Morgan fingerprint density at radius 2 is 1.69 bits per heavy atom. The van der Waals surface area contributed by atoms with Gasteiger partial charge in [0.25, 0.3) is 0 Å². The van der Waals surface area contributed by atoms with Gasteiger partial charge in [-0.15, -0.1) is 0 Å². The minimum atomic E-state index is -0.805. The maximum atomic E-state index is 11.1. The van der Waals surface area contributed by atoms with E-state index in [4.69, 9.17) is 31.3 Å². The molecule has 6 nitrogen and oxygen atoms in total. The van der Waals surface area contributed by atoms with Crippen LogP contribution in [0.4, 0.5) is 0 Å². The Hall–Kier alpha value is -3.77. The lowest BCUT2D eigenvalue weighted by atomic mass is 9.86. The molecule has 1 fully saturated rings. The topological polar surface area (TPSA) is 73.6 Å². The van der Waals surface area contributed by atoms with Crippen LogP contribution in [0.2, 0.25) is 5.02 Å². The summed E-state index contributed by atoms with van der Waals surface area (Å²) in [6, 6.07) is 23.8. The lowest BCUT2D eigenvalue weighted by Crippen LogP contribution is -2.11. The minimum Gasteiger partial charge on any atom is -0.497 e. The van der Waals surface area contributed by atoms with E-state index in [0.29, 0.717) is 24.0 Å². The van der Waals surface area contributed by atoms with Crippen molar-refractivity contribution in [2.45, 2.75) is 57.5 Å². The highest BCUT2D eigenvalue weighted by Crippen LogP contribution is 2.35. The van der Waals surface area contributed by atoms with E-state index >= 15 is 0 Å². The Morgan fingerprint density at radius 1 is 0.974 bits per heavy atom. The molecule has 3 aromatic carbocycles. The van der Waals surface area contributed by atoms with Crippen molar-refractivity contribution in [2.75, 3.05) is 7.11 Å². The third-order valence-corrected chi connectivity index (χ3v) is 7.60. The molecular weight excluding hydrogens is 512 g/mol. The minimum absolute atomic E-state index is 0.0795. The molecule has 0 radical (unpaired) electrons. The molecule has 0 atom stereocenters. The van der Waals surface area contributed by atoms with Gasteiger partial charge in [-0.25, -0.2) is 4.68 Å². The number of aliphatic carboxylic acids is 1. The summed E-state index contributed by atoms with van der Waals surface area (Å²) in [5.74, 6) is 1.16. The molecule has 1 aromatic heterocycles. The SMILES string of the molecule is COc1ccc(-c2ccc(Cl)cc2)c(COc2ccc(-n3nc(CCC(=O)O)cc3C3CCCCC3)cc2)c1. The summed E-state index contributed by atoms with van der Waals surface area (Å²) >= 11 is 6.09. The number of hydrogen-bond donors (Lipinski definition) is 1. The van der Waals surface area contributed by atoms with Crippen LogP contribution in [-0.4, -0.2) is 28.0 Å². The molecule has 0 spiro atoms. The first-order chi connectivity index (χ1) is 19.0. The molecule has 1 saturated carbocycles. The third-order valence-electron chi connectivity index (χ3n) is 7.35. The summed E-state index contributed by atoms with van der Waals surface area (Å²) in [5.41, 5.74) is 6.08. The molecule has 0 bridgehead atoms. The molecule has 0 aliphatic heterocycles. The van der Waals surface area contributed by atoms with E-state index in [9.17, 15) is 4.79 Å². The van der Waals surface area contributed by atoms with Crippen molar-refractivity contribution in [1.82, 2.24) is 9.78 Å². The van der Waals surface area contributed by atoms with Gasteiger partial charge in [-0.3, -0.25) is 4.79 Å². The highest BCUT2D eigenvalue weighted by Gasteiger charge is 2.22. The number of methoxy groups -OCH3 is 1. The van der Waals surface area contributed by atoms with Gasteiger partial charge in [0.15, 0.2) is 0 Å². The largest absolute Gasteiger partial charge is 0.497 e. The van der Waals surface area contributed by atoms with Crippen LogP contribution in [0.3, 0.4) is 0 Å². The lowest BCUT2D eigenvalue weighted by molar-refractivity contribution is -0.136. The number of halogens is 1. The van der Waals surface area contributed by atoms with E-state index in [0.717, 1.165) is 52.4 Å². The number of carboxylic acids is 1. The molecular formula is C32H33ClN2O4. The van der Waals surface area contributed by atoms with E-state index in [-0.39, 0.29) is 6.42 Å². The van der Waals surface area contributed by atoms with Crippen molar-refractivity contribution in [2.24, 2.45) is 0 Å². The Balaban J connectivity index is 1.36. The first kappa shape index (κ1) is 26.8. The molecule has 1 N–H and O–H groups in total. The monoisotopic (exact) mass is 544 g/mol. The van der Waals surface area contributed by atoms with Gasteiger partial charge in [0.05, 0.1) is 24.9 Å². The number of aromatic nitrogens is 2. The first-order valence-electron chi connectivity index (χ1n) is 13.5. The second kappa shape index (κ2) is 12.4. The van der Waals surface area contributed by atoms with Crippen molar-refractivity contribution in [3.63, 3.8) is 0 Å². The Kier molecular flexibility index (Phi) is 8.52. The smallest absolute Gasteiger partial charge is 0.303 e. The molecule has 0 unspecified atom stereocenters. The number of benzene rings is 3. The number of ether oxygens (including phenoxy) is 2. The Labute approximate surface area is 234 Å². The quantitative estimate of drug-likeness (QED) is 0.220. The van der Waals surface area contributed by atoms with Gasteiger partial charge in [-0.05, 0) is 78.6 Å². The number of hydrogen-bond acceptors (Lipinski definition) is 4. The fraction of sp³-hybridized carbons (Fsp3) is 0.312. The number of rotatable bonds is 10. The van der Waals surface area contributed by atoms with Gasteiger partial charge in [0, 0.05) is 28.6 Å². The average molecular weight is 545 g/mol. The normalized spacial score (nSPS) is 13.8. The molecule has 5 rings (SSSR count). The van der Waals surface area contributed by atoms with Gasteiger partial charge >= 0.3 is 5.97 Å². The van der Waals surface area contributed by atoms with Crippen LogP contribution in [0.1, 0.15) is 61.4 Å². The molecule has 1 heterocycles. The highest BCUT2D eigenvalue weighted by atomic mass is 35.5. The highest BCUT2D eigenvalue weighted by molar-refractivity contribution is 6.30. The third kappa shape index (κ3) is 6.63. The molecule has 0 saturated heterocycles. The predicted octanol–water partition coefficient (Wildman–Crippen LogP) is 7.85. The van der Waals surface area contributed by atoms with Gasteiger partial charge in [-0.1, -0.05) is 49.1 Å². The average Bonchev–Trinajstić information content (AvgIpc) is 3.40. The standard InChI is InChI=1S/C32H33ClN2O4/c1-38-29-16-17-30(22-7-9-25(33)10-8-22)24(19-29)21-39-28-14-12-27(13-15-28)35-31(23-5-3-2-4-6-23)20-26(34-35)11-18-32(36)37/h7-10,12-17,19-20,23H,2-6,11,18,21H2,1H3,(H,36,37). The van der Waals surface area contributed by atoms with Crippen LogP contribution in [0, 0.1) is 0 Å². The second-order valence-corrected chi connectivity index (χ2v) is 10.4. The van der Waals surface area contributed by atoms with Crippen molar-refractivity contribution >= 4 is 17.6 Å². The lowest BCUT2D eigenvalue weighted by Gasteiger charge is -2.22. The van der Waals surface area contributed by atoms with E-state index < -0.39 is 5.97 Å². The van der Waals surface area contributed by atoms with Crippen LogP contribution in [0.5, 0.6) is 11.5 Å². The zero-order valence-corrected chi connectivity index (χ0v) is 22.9. The summed E-state index contributed by atoms with van der Waals surface area (Å²) < 4.78 is 13.7. The van der Waals surface area contributed by atoms with Crippen molar-refractivity contribution in [3.8, 4) is 28.3 Å². The summed E-state index contributed by atoms with van der Waals surface area (Å²) in [6.07, 6.45) is 6.50. The van der Waals surface area contributed by atoms with Gasteiger partial charge in [-0.2, -0.15) is 5.10 Å². The Morgan fingerprint density at radius 3 is 2.38 bits per heavy atom. The molecule has 1 aliphatic rings. The maximum Gasteiger partial charge on any atom is 0.303 e. The molecule has 4 aromatic rings. The summed E-state index contributed by atoms with van der Waals surface area (Å²) in [7, 11) is 1.66. The fourth-order valence-electron chi connectivity index (χ4n) is 5.27. The number of aryl methyl sites for hydroxylation is 1. The number of carboxylic acid groups (broad SMARTS) is 1. The van der Waals surface area contributed by atoms with E-state index in [1.165, 1.54) is 25.0 Å². The second-order valence-electron chi connectivity index (χ2n) is 10.0. The van der Waals surface area contributed by atoms with Crippen LogP contribution in [-0.2, 0) is 17.8 Å². The van der Waals surface area contributed by atoms with Gasteiger partial charge < -0.3 is 14.6 Å². The summed E-state index contributed by atoms with van der Waals surface area (Å²) in [6.45, 7) is 0.378. The van der Waals surface area contributed by atoms with E-state index in [2.05, 4.69) is 6.07 Å². The van der Waals surface area contributed by atoms with Crippen LogP contribution in [0.25, 0.3) is 16.8 Å². The van der Waals surface area contributed by atoms with Crippen LogP contribution >= 0.6 is 11.6 Å². The van der Waals surface area contributed by atoms with Crippen molar-refractivity contribution in [1.29, 1.82) is 0 Å². The zero-order valence-electron chi connectivity index (χ0n) is 22.1. The van der Waals surface area contributed by atoms with E-state index in [1.807, 2.05) is 71.4 Å². The molecule has 7 heteroatoms. The van der Waals surface area contributed by atoms with Crippen LogP contribution in [0.15, 0.2) is 72.8 Å². The molecule has 202 valence electrons. The Bertz CT molecular complexity index is 1410. The molecule has 0 amide bonds. The van der Waals surface area contributed by atoms with Crippen molar-refractivity contribution < 1.29 is 19.4 Å². The van der Waals surface area contributed by atoms with E-state index in [1.54, 1.807) is 7.11 Å².